The fourth-order valence-corrected chi connectivity index (χ4v) is 3.26. The van der Waals surface area contributed by atoms with Gasteiger partial charge in [0.1, 0.15) is 22.0 Å². The number of carbonyl (C=O) groups is 2. The molecule has 2 aromatic rings. The summed E-state index contributed by atoms with van der Waals surface area (Å²) in [6.45, 7) is 6.40. The largest absolute Gasteiger partial charge is 0.512 e. The Morgan fingerprint density at radius 3 is 2.36 bits per heavy atom. The van der Waals surface area contributed by atoms with Gasteiger partial charge >= 0.3 is 5.97 Å². The van der Waals surface area contributed by atoms with Crippen LogP contribution in [-0.4, -0.2) is 39.1 Å². The zero-order chi connectivity index (χ0) is 24.5. The van der Waals surface area contributed by atoms with E-state index in [4.69, 9.17) is 16.3 Å². The Balaban J connectivity index is 2.09. The van der Waals surface area contributed by atoms with Crippen LogP contribution in [0.25, 0.3) is 0 Å². The van der Waals surface area contributed by atoms with Crippen molar-refractivity contribution in [1.82, 2.24) is 0 Å². The maximum atomic E-state index is 12.8. The molecule has 0 unspecified atom stereocenters. The maximum Gasteiger partial charge on any atom is 0.344 e. The second kappa shape index (κ2) is 8.95. The van der Waals surface area contributed by atoms with Crippen molar-refractivity contribution in [3.63, 3.8) is 0 Å². The van der Waals surface area contributed by atoms with Crippen LogP contribution >= 0.6 is 11.6 Å². The van der Waals surface area contributed by atoms with E-state index in [1.54, 1.807) is 45.0 Å². The Kier molecular flexibility index (Phi) is 6.46. The van der Waals surface area contributed by atoms with Crippen molar-refractivity contribution in [2.75, 3.05) is 0 Å². The van der Waals surface area contributed by atoms with Gasteiger partial charge in [0.15, 0.2) is 5.84 Å². The highest BCUT2D eigenvalue weighted by atomic mass is 35.5. The van der Waals surface area contributed by atoms with Gasteiger partial charge in [-0.15, -0.1) is 0 Å². The van der Waals surface area contributed by atoms with E-state index in [1.807, 2.05) is 0 Å². The summed E-state index contributed by atoms with van der Waals surface area (Å²) in [5.41, 5.74) is -0.421. The first-order chi connectivity index (χ1) is 15.4. The zero-order valence-corrected chi connectivity index (χ0v) is 19.0. The number of amidine groups is 1. The van der Waals surface area contributed by atoms with Crippen LogP contribution in [-0.2, 0) is 9.53 Å². The number of carbonyl (C=O) groups excluding carboxylic acids is 2. The van der Waals surface area contributed by atoms with Gasteiger partial charge in [0, 0.05) is 22.8 Å². The van der Waals surface area contributed by atoms with Gasteiger partial charge in [-0.05, 0) is 39.8 Å². The van der Waals surface area contributed by atoms with Crippen LogP contribution in [0.3, 0.4) is 0 Å². The summed E-state index contributed by atoms with van der Waals surface area (Å²) in [5.74, 6) is -1.88. The van der Waals surface area contributed by atoms with Crippen molar-refractivity contribution in [1.29, 1.82) is 0 Å². The monoisotopic (exact) mass is 469 g/mol. The number of aliphatic hydroxyl groups is 1. The molecular formula is C23H20ClN3O6. The van der Waals surface area contributed by atoms with Crippen LogP contribution in [0.5, 0.6) is 0 Å². The first kappa shape index (κ1) is 23.8. The molecule has 10 heteroatoms. The number of rotatable bonds is 4. The number of aliphatic hydroxyl groups excluding tert-OH is 1. The molecule has 33 heavy (non-hydrogen) atoms. The molecule has 9 nitrogen and oxygen atoms in total. The van der Waals surface area contributed by atoms with E-state index in [-0.39, 0.29) is 33.5 Å². The fraction of sp³-hybridized carbons (Fsp3) is 0.217. The van der Waals surface area contributed by atoms with Gasteiger partial charge in [-0.3, -0.25) is 14.9 Å². The first-order valence-electron chi connectivity index (χ1n) is 9.78. The third kappa shape index (κ3) is 5.15. The average molecular weight is 470 g/mol. The van der Waals surface area contributed by atoms with Gasteiger partial charge in [-0.1, -0.05) is 35.9 Å². The molecule has 1 aliphatic heterocycles. The molecule has 0 aromatic heterocycles. The maximum absolute atomic E-state index is 12.8. The van der Waals surface area contributed by atoms with Gasteiger partial charge < -0.3 is 9.84 Å². The van der Waals surface area contributed by atoms with E-state index in [0.29, 0.717) is 11.1 Å². The normalized spacial score (nSPS) is 14.9. The number of ether oxygens (including phenoxy) is 1. The molecule has 0 atom stereocenters. The zero-order valence-electron chi connectivity index (χ0n) is 18.2. The summed E-state index contributed by atoms with van der Waals surface area (Å²) in [6, 6.07) is 10.3. The number of allylic oxidation sites excluding steroid dienone is 1. The lowest BCUT2D eigenvalue weighted by Gasteiger charge is -2.21. The van der Waals surface area contributed by atoms with Crippen molar-refractivity contribution in [2.45, 2.75) is 33.3 Å². The Hall–Kier alpha value is -3.85. The van der Waals surface area contributed by atoms with Crippen molar-refractivity contribution in [3.8, 4) is 0 Å². The van der Waals surface area contributed by atoms with Crippen LogP contribution in [0.15, 0.2) is 63.8 Å². The van der Waals surface area contributed by atoms with Crippen molar-refractivity contribution < 1.29 is 24.4 Å². The number of halogens is 1. The minimum Gasteiger partial charge on any atom is -0.512 e. The molecule has 170 valence electrons. The van der Waals surface area contributed by atoms with Crippen molar-refractivity contribution in [3.05, 3.63) is 85.6 Å². The van der Waals surface area contributed by atoms with E-state index in [2.05, 4.69) is 9.98 Å². The predicted molar refractivity (Wildman–Crippen MR) is 123 cm³/mol. The Bertz CT molecular complexity index is 1270. The molecular weight excluding hydrogens is 450 g/mol. The number of benzene rings is 2. The number of esters is 1. The fourth-order valence-electron chi connectivity index (χ4n) is 3.08. The number of nitrogens with zero attached hydrogens (tertiary/aromatic N) is 3. The number of nitro groups is 1. The molecule has 0 bridgehead atoms. The van der Waals surface area contributed by atoms with Crippen molar-refractivity contribution in [2.24, 2.45) is 9.98 Å². The minimum atomic E-state index is -0.813. The van der Waals surface area contributed by atoms with Crippen LogP contribution in [0.2, 0.25) is 5.02 Å². The molecule has 1 N–H and O–H groups in total. The molecule has 1 aliphatic rings. The summed E-state index contributed by atoms with van der Waals surface area (Å²) in [4.78, 5) is 44.3. The summed E-state index contributed by atoms with van der Waals surface area (Å²) < 4.78 is 5.40. The first-order valence-corrected chi connectivity index (χ1v) is 10.2. The van der Waals surface area contributed by atoms with Crippen LogP contribution in [0.4, 0.5) is 5.69 Å². The lowest BCUT2D eigenvalue weighted by molar-refractivity contribution is -0.384. The van der Waals surface area contributed by atoms with Crippen LogP contribution in [0, 0.1) is 10.1 Å². The number of hydrogen-bond acceptors (Lipinski definition) is 6. The Morgan fingerprint density at radius 1 is 1.15 bits per heavy atom. The molecule has 0 radical (unpaired) electrons. The molecule has 0 saturated heterocycles. The van der Waals surface area contributed by atoms with Gasteiger partial charge in [0.05, 0.1) is 10.6 Å². The predicted octanol–water partition coefficient (Wildman–Crippen LogP) is 4.81. The molecule has 0 fully saturated rings. The SMILES string of the molecule is CC(O)=C(C(=O)OC(C)(C)C)C1=NC(=NC(=O)c2ccc(Cl)c([N+](=O)[O-])c2)c2ccccc21. The number of nitro benzene ring substituents is 1. The number of aliphatic imine (C=N–C) groups is 2. The van der Waals surface area contributed by atoms with E-state index < -0.39 is 28.1 Å². The number of amides is 1. The second-order valence-corrected chi connectivity index (χ2v) is 8.54. The lowest BCUT2D eigenvalue weighted by Crippen LogP contribution is -2.28. The molecule has 1 amide bonds. The molecule has 1 heterocycles. The second-order valence-electron chi connectivity index (χ2n) is 8.13. The number of hydrogen-bond donors (Lipinski definition) is 1. The average Bonchev–Trinajstić information content (AvgIpc) is 3.04. The Labute approximate surface area is 194 Å². The van der Waals surface area contributed by atoms with E-state index in [9.17, 15) is 24.8 Å². The third-order valence-corrected chi connectivity index (χ3v) is 4.76. The van der Waals surface area contributed by atoms with Gasteiger partial charge in [0.2, 0.25) is 0 Å². The highest BCUT2D eigenvalue weighted by Crippen LogP contribution is 2.28. The quantitative estimate of drug-likeness (QED) is 0.224. The summed E-state index contributed by atoms with van der Waals surface area (Å²) >= 11 is 5.81. The standard InChI is InChI=1S/C23H20ClN3O6/c1-12(28)18(22(30)33-23(2,3)4)19-14-7-5-6-8-15(14)20(25-19)26-21(29)13-9-10-16(24)17(11-13)27(31)32/h5-11,28H,1-4H3. The minimum absolute atomic E-state index is 0.00879. The van der Waals surface area contributed by atoms with Crippen LogP contribution in [0.1, 0.15) is 49.2 Å². The van der Waals surface area contributed by atoms with E-state index in [0.717, 1.165) is 6.07 Å². The molecule has 2 aromatic carbocycles. The summed E-state index contributed by atoms with van der Waals surface area (Å²) in [5, 5.41) is 21.3. The van der Waals surface area contributed by atoms with Gasteiger partial charge in [0.25, 0.3) is 11.6 Å². The van der Waals surface area contributed by atoms with Gasteiger partial charge in [-0.2, -0.15) is 4.99 Å². The van der Waals surface area contributed by atoms with E-state index >= 15 is 0 Å². The van der Waals surface area contributed by atoms with Crippen molar-refractivity contribution >= 4 is 40.7 Å². The topological polar surface area (TPSA) is 131 Å². The highest BCUT2D eigenvalue weighted by Gasteiger charge is 2.32. The highest BCUT2D eigenvalue weighted by molar-refractivity contribution is 6.36. The smallest absolute Gasteiger partial charge is 0.344 e. The number of fused-ring (bicyclic) bond motifs is 1. The molecule has 3 rings (SSSR count). The van der Waals surface area contributed by atoms with E-state index in [1.165, 1.54) is 19.1 Å². The molecule has 0 spiro atoms. The lowest BCUT2D eigenvalue weighted by atomic mass is 9.99. The third-order valence-electron chi connectivity index (χ3n) is 4.44. The van der Waals surface area contributed by atoms with Crippen LogP contribution < -0.4 is 0 Å². The Morgan fingerprint density at radius 2 is 1.79 bits per heavy atom. The van der Waals surface area contributed by atoms with Gasteiger partial charge in [-0.25, -0.2) is 9.79 Å². The summed E-state index contributed by atoms with van der Waals surface area (Å²) in [6.07, 6.45) is 0. The molecule has 0 aliphatic carbocycles. The molecule has 0 saturated carbocycles. The summed E-state index contributed by atoms with van der Waals surface area (Å²) in [7, 11) is 0.